The van der Waals surface area contributed by atoms with Crippen molar-refractivity contribution in [1.82, 2.24) is 4.90 Å². The number of hydrogen-bond acceptors (Lipinski definition) is 1. The van der Waals surface area contributed by atoms with Crippen LogP contribution in [0, 0.1) is 6.92 Å². The van der Waals surface area contributed by atoms with Gasteiger partial charge in [0.15, 0.2) is 0 Å². The maximum atomic E-state index is 12.0. The molecule has 0 saturated carbocycles. The summed E-state index contributed by atoms with van der Waals surface area (Å²) in [4.78, 5) is 13.7. The summed E-state index contributed by atoms with van der Waals surface area (Å²) in [6.45, 7) is 2.66. The maximum absolute atomic E-state index is 12.0. The maximum Gasteiger partial charge on any atom is 0.253 e. The quantitative estimate of drug-likeness (QED) is 0.777. The second-order valence-electron chi connectivity index (χ2n) is 3.37. The number of carbonyl (C=O) groups is 1. The van der Waals surface area contributed by atoms with E-state index in [0.717, 1.165) is 20.9 Å². The summed E-state index contributed by atoms with van der Waals surface area (Å²) in [6.07, 6.45) is 0. The summed E-state index contributed by atoms with van der Waals surface area (Å²) in [7, 11) is 1.81. The van der Waals surface area contributed by atoms with Crippen LogP contribution >= 0.6 is 31.9 Å². The Labute approximate surface area is 107 Å². The molecule has 0 heterocycles. The molecule has 1 aromatic rings. The SMILES string of the molecule is Cc1ccc(Br)cc1C(=O)N(C)CCBr. The number of hydrogen-bond donors (Lipinski definition) is 0. The van der Waals surface area contributed by atoms with Gasteiger partial charge in [-0.05, 0) is 24.6 Å². The molecule has 0 atom stereocenters. The van der Waals surface area contributed by atoms with Crippen molar-refractivity contribution in [2.75, 3.05) is 18.9 Å². The molecule has 15 heavy (non-hydrogen) atoms. The van der Waals surface area contributed by atoms with Gasteiger partial charge in [-0.3, -0.25) is 4.79 Å². The van der Waals surface area contributed by atoms with Crippen molar-refractivity contribution in [2.24, 2.45) is 0 Å². The topological polar surface area (TPSA) is 20.3 Å². The second kappa shape index (κ2) is 5.66. The monoisotopic (exact) mass is 333 g/mol. The Morgan fingerprint density at radius 3 is 2.73 bits per heavy atom. The first-order valence-electron chi connectivity index (χ1n) is 4.64. The first-order chi connectivity index (χ1) is 7.06. The first kappa shape index (κ1) is 12.7. The van der Waals surface area contributed by atoms with E-state index in [-0.39, 0.29) is 5.91 Å². The Kier molecular flexibility index (Phi) is 4.80. The van der Waals surface area contributed by atoms with Crippen molar-refractivity contribution >= 4 is 37.8 Å². The normalized spacial score (nSPS) is 10.1. The van der Waals surface area contributed by atoms with Crippen LogP contribution in [0.5, 0.6) is 0 Å². The highest BCUT2D eigenvalue weighted by atomic mass is 79.9. The van der Waals surface area contributed by atoms with Crippen LogP contribution in [0.3, 0.4) is 0 Å². The Balaban J connectivity index is 2.95. The van der Waals surface area contributed by atoms with Crippen LogP contribution < -0.4 is 0 Å². The van der Waals surface area contributed by atoms with Crippen molar-refractivity contribution in [3.63, 3.8) is 0 Å². The third-order valence-electron chi connectivity index (χ3n) is 2.20. The fourth-order valence-corrected chi connectivity index (χ4v) is 2.15. The van der Waals surface area contributed by atoms with Gasteiger partial charge in [0.05, 0.1) is 0 Å². The summed E-state index contributed by atoms with van der Waals surface area (Å²) < 4.78 is 0.934. The second-order valence-corrected chi connectivity index (χ2v) is 5.08. The highest BCUT2D eigenvalue weighted by molar-refractivity contribution is 9.10. The van der Waals surface area contributed by atoms with Crippen molar-refractivity contribution in [3.05, 3.63) is 33.8 Å². The van der Waals surface area contributed by atoms with Gasteiger partial charge in [-0.1, -0.05) is 37.9 Å². The minimum atomic E-state index is 0.0632. The third-order valence-corrected chi connectivity index (χ3v) is 3.04. The van der Waals surface area contributed by atoms with Crippen LogP contribution in [-0.4, -0.2) is 29.7 Å². The predicted octanol–water partition coefficient (Wildman–Crippen LogP) is 3.22. The zero-order chi connectivity index (χ0) is 11.4. The van der Waals surface area contributed by atoms with Crippen molar-refractivity contribution in [1.29, 1.82) is 0 Å². The van der Waals surface area contributed by atoms with Crippen LogP contribution in [0.2, 0.25) is 0 Å². The van der Waals surface area contributed by atoms with Gasteiger partial charge in [-0.25, -0.2) is 0 Å². The van der Waals surface area contributed by atoms with Gasteiger partial charge in [0.25, 0.3) is 5.91 Å². The van der Waals surface area contributed by atoms with E-state index in [4.69, 9.17) is 0 Å². The number of carbonyl (C=O) groups excluding carboxylic acids is 1. The van der Waals surface area contributed by atoms with Crippen molar-refractivity contribution in [2.45, 2.75) is 6.92 Å². The van der Waals surface area contributed by atoms with E-state index in [1.165, 1.54) is 0 Å². The van der Waals surface area contributed by atoms with E-state index in [2.05, 4.69) is 31.9 Å². The van der Waals surface area contributed by atoms with Gasteiger partial charge >= 0.3 is 0 Å². The average Bonchev–Trinajstić information content (AvgIpc) is 2.21. The number of rotatable bonds is 3. The third kappa shape index (κ3) is 3.31. The van der Waals surface area contributed by atoms with Gasteiger partial charge in [0.1, 0.15) is 0 Å². The molecular weight excluding hydrogens is 322 g/mol. The van der Waals surface area contributed by atoms with E-state index in [1.807, 2.05) is 32.2 Å². The molecule has 1 rings (SSSR count). The van der Waals surface area contributed by atoms with Crippen LogP contribution in [0.15, 0.2) is 22.7 Å². The van der Waals surface area contributed by atoms with Crippen LogP contribution in [0.25, 0.3) is 0 Å². The molecule has 0 spiro atoms. The summed E-state index contributed by atoms with van der Waals surface area (Å²) in [6, 6.07) is 5.75. The molecule has 2 nitrogen and oxygen atoms in total. The smallest absolute Gasteiger partial charge is 0.253 e. The largest absolute Gasteiger partial charge is 0.341 e. The highest BCUT2D eigenvalue weighted by Crippen LogP contribution is 2.17. The minimum absolute atomic E-state index is 0.0632. The highest BCUT2D eigenvalue weighted by Gasteiger charge is 2.13. The van der Waals surface area contributed by atoms with Crippen LogP contribution in [0.4, 0.5) is 0 Å². The van der Waals surface area contributed by atoms with Gasteiger partial charge in [0, 0.05) is 29.0 Å². The molecule has 0 radical (unpaired) electrons. The number of nitrogens with zero attached hydrogens (tertiary/aromatic N) is 1. The first-order valence-corrected chi connectivity index (χ1v) is 6.55. The number of benzene rings is 1. The van der Waals surface area contributed by atoms with E-state index >= 15 is 0 Å². The average molecular weight is 335 g/mol. The fraction of sp³-hybridized carbons (Fsp3) is 0.364. The lowest BCUT2D eigenvalue weighted by Gasteiger charge is -2.17. The number of halogens is 2. The number of aryl methyl sites for hydroxylation is 1. The molecule has 1 aromatic carbocycles. The van der Waals surface area contributed by atoms with Crippen molar-refractivity contribution in [3.8, 4) is 0 Å². The van der Waals surface area contributed by atoms with Gasteiger partial charge in [-0.2, -0.15) is 0 Å². The standard InChI is InChI=1S/C11H13Br2NO/c1-8-3-4-9(13)7-10(8)11(15)14(2)6-5-12/h3-4,7H,5-6H2,1-2H3. The van der Waals surface area contributed by atoms with Gasteiger partial charge in [0.2, 0.25) is 0 Å². The summed E-state index contributed by atoms with van der Waals surface area (Å²) in [5, 5.41) is 0.794. The molecule has 4 heteroatoms. The molecule has 0 aliphatic heterocycles. The summed E-state index contributed by atoms with van der Waals surface area (Å²) in [5.74, 6) is 0.0632. The zero-order valence-corrected chi connectivity index (χ0v) is 11.9. The molecule has 0 N–H and O–H groups in total. The van der Waals surface area contributed by atoms with Gasteiger partial charge < -0.3 is 4.90 Å². The van der Waals surface area contributed by atoms with Crippen LogP contribution in [0.1, 0.15) is 15.9 Å². The predicted molar refractivity (Wildman–Crippen MR) is 69.6 cm³/mol. The Morgan fingerprint density at radius 1 is 1.47 bits per heavy atom. The van der Waals surface area contributed by atoms with Gasteiger partial charge in [-0.15, -0.1) is 0 Å². The lowest BCUT2D eigenvalue weighted by Crippen LogP contribution is -2.29. The van der Waals surface area contributed by atoms with E-state index in [9.17, 15) is 4.79 Å². The number of amides is 1. The summed E-state index contributed by atoms with van der Waals surface area (Å²) in [5.41, 5.74) is 1.76. The molecule has 0 aliphatic rings. The zero-order valence-electron chi connectivity index (χ0n) is 8.76. The Bertz CT molecular complexity index is 366. The van der Waals surface area contributed by atoms with E-state index in [1.54, 1.807) is 4.90 Å². The van der Waals surface area contributed by atoms with E-state index in [0.29, 0.717) is 6.54 Å². The number of alkyl halides is 1. The molecule has 0 aliphatic carbocycles. The lowest BCUT2D eigenvalue weighted by molar-refractivity contribution is 0.0803. The fourth-order valence-electron chi connectivity index (χ4n) is 1.26. The molecule has 0 unspecified atom stereocenters. The lowest BCUT2D eigenvalue weighted by atomic mass is 10.1. The van der Waals surface area contributed by atoms with E-state index < -0.39 is 0 Å². The molecule has 0 aromatic heterocycles. The molecular formula is C11H13Br2NO. The molecule has 82 valence electrons. The summed E-state index contributed by atoms with van der Waals surface area (Å²) >= 11 is 6.69. The van der Waals surface area contributed by atoms with Crippen molar-refractivity contribution < 1.29 is 4.79 Å². The molecule has 0 bridgehead atoms. The molecule has 1 amide bonds. The Morgan fingerprint density at radius 2 is 2.13 bits per heavy atom. The Hall–Kier alpha value is -0.350. The molecule has 0 saturated heterocycles. The van der Waals surface area contributed by atoms with Crippen LogP contribution in [-0.2, 0) is 0 Å². The molecule has 0 fully saturated rings. The minimum Gasteiger partial charge on any atom is -0.341 e.